The van der Waals surface area contributed by atoms with Crippen LogP contribution in [0.25, 0.3) is 0 Å². The summed E-state index contributed by atoms with van der Waals surface area (Å²) in [5.41, 5.74) is 5.46. The van der Waals surface area contributed by atoms with Crippen LogP contribution in [0.3, 0.4) is 0 Å². The molecule has 20 heavy (non-hydrogen) atoms. The minimum Gasteiger partial charge on any atom is -0.497 e. The average Bonchev–Trinajstić information content (AvgIpc) is 2.76. The first-order valence-corrected chi connectivity index (χ1v) is 8.48. The monoisotopic (exact) mass is 299 g/mol. The Labute approximate surface area is 120 Å². The molecule has 0 aliphatic carbocycles. The van der Waals surface area contributed by atoms with Crippen LogP contribution in [0.5, 0.6) is 11.5 Å². The summed E-state index contributed by atoms with van der Waals surface area (Å²) in [6, 6.07) is 7.32. The lowest BCUT2D eigenvalue weighted by Gasteiger charge is -2.25. The fraction of sp³-hybridized carbons (Fsp3) is 0.571. The molecule has 0 saturated carbocycles. The molecular weight excluding hydrogens is 278 g/mol. The number of sulfone groups is 1. The van der Waals surface area contributed by atoms with Gasteiger partial charge in [0.1, 0.15) is 11.5 Å². The summed E-state index contributed by atoms with van der Waals surface area (Å²) in [7, 11) is -1.31. The van der Waals surface area contributed by atoms with Crippen molar-refractivity contribution in [3.8, 4) is 11.5 Å². The minimum atomic E-state index is -2.92. The molecule has 112 valence electrons. The molecule has 1 aromatic rings. The second-order valence-electron chi connectivity index (χ2n) is 5.32. The van der Waals surface area contributed by atoms with Gasteiger partial charge < -0.3 is 15.2 Å². The Balaban J connectivity index is 1.88. The van der Waals surface area contributed by atoms with E-state index in [1.54, 1.807) is 7.11 Å². The summed E-state index contributed by atoms with van der Waals surface area (Å²) in [5.74, 6) is 1.95. The molecule has 2 rings (SSSR count). The van der Waals surface area contributed by atoms with Crippen molar-refractivity contribution in [2.45, 2.75) is 12.8 Å². The molecule has 1 aromatic carbocycles. The fourth-order valence-electron chi connectivity index (χ4n) is 2.50. The van der Waals surface area contributed by atoms with Gasteiger partial charge in [0, 0.05) is 5.41 Å². The third-order valence-electron chi connectivity index (χ3n) is 3.86. The van der Waals surface area contributed by atoms with E-state index in [9.17, 15) is 8.42 Å². The molecule has 5 nitrogen and oxygen atoms in total. The highest BCUT2D eigenvalue weighted by molar-refractivity contribution is 7.91. The lowest BCUT2D eigenvalue weighted by atomic mass is 9.84. The van der Waals surface area contributed by atoms with Crippen molar-refractivity contribution >= 4 is 9.84 Å². The van der Waals surface area contributed by atoms with Gasteiger partial charge in [0.05, 0.1) is 25.2 Å². The molecule has 1 aliphatic rings. The Bertz CT molecular complexity index is 541. The molecule has 0 aromatic heterocycles. The maximum atomic E-state index is 11.6. The van der Waals surface area contributed by atoms with Crippen molar-refractivity contribution in [1.29, 1.82) is 0 Å². The van der Waals surface area contributed by atoms with E-state index >= 15 is 0 Å². The third kappa shape index (κ3) is 3.64. The first kappa shape index (κ1) is 15.1. The summed E-state index contributed by atoms with van der Waals surface area (Å²) in [4.78, 5) is 0. The van der Waals surface area contributed by atoms with Gasteiger partial charge in [-0.15, -0.1) is 0 Å². The van der Waals surface area contributed by atoms with Crippen LogP contribution in [0.1, 0.15) is 12.8 Å². The summed E-state index contributed by atoms with van der Waals surface area (Å²) in [6.45, 7) is 0.858. The van der Waals surface area contributed by atoms with Gasteiger partial charge >= 0.3 is 0 Å². The molecular formula is C14H21NO4S. The Kier molecular flexibility index (Phi) is 4.55. The Morgan fingerprint density at radius 3 is 2.40 bits per heavy atom. The van der Waals surface area contributed by atoms with Crippen LogP contribution >= 0.6 is 0 Å². The van der Waals surface area contributed by atoms with Gasteiger partial charge in [0.15, 0.2) is 9.84 Å². The van der Waals surface area contributed by atoms with E-state index < -0.39 is 9.84 Å². The van der Waals surface area contributed by atoms with Crippen LogP contribution in [0.2, 0.25) is 0 Å². The smallest absolute Gasteiger partial charge is 0.150 e. The molecule has 0 bridgehead atoms. The number of hydrogen-bond donors (Lipinski definition) is 1. The highest BCUT2D eigenvalue weighted by atomic mass is 32.2. The van der Waals surface area contributed by atoms with Crippen molar-refractivity contribution in [1.82, 2.24) is 0 Å². The maximum Gasteiger partial charge on any atom is 0.150 e. The van der Waals surface area contributed by atoms with E-state index in [2.05, 4.69) is 0 Å². The van der Waals surface area contributed by atoms with E-state index in [0.717, 1.165) is 11.5 Å². The third-order valence-corrected chi connectivity index (χ3v) is 5.74. The Hall–Kier alpha value is -1.27. The number of ether oxygens (including phenoxy) is 2. The second-order valence-corrected chi connectivity index (χ2v) is 7.50. The van der Waals surface area contributed by atoms with Gasteiger partial charge in [0.2, 0.25) is 0 Å². The van der Waals surface area contributed by atoms with Crippen molar-refractivity contribution < 1.29 is 17.9 Å². The van der Waals surface area contributed by atoms with Crippen molar-refractivity contribution in [2.75, 3.05) is 31.8 Å². The average molecular weight is 299 g/mol. The zero-order valence-electron chi connectivity index (χ0n) is 11.7. The first-order chi connectivity index (χ1) is 9.49. The maximum absolute atomic E-state index is 11.6. The van der Waals surface area contributed by atoms with Crippen LogP contribution in [0.15, 0.2) is 24.3 Å². The summed E-state index contributed by atoms with van der Waals surface area (Å²) >= 11 is 0. The standard InChI is InChI=1S/C14H21NO4S/c1-18-12-2-4-13(5-3-12)19-8-6-14(10-15)7-9-20(16,17)11-14/h2-5H,6-11,15H2,1H3. The molecule has 2 N–H and O–H groups in total. The molecule has 1 saturated heterocycles. The van der Waals surface area contributed by atoms with Crippen LogP contribution < -0.4 is 15.2 Å². The Morgan fingerprint density at radius 2 is 1.90 bits per heavy atom. The van der Waals surface area contributed by atoms with Gasteiger partial charge in [0.25, 0.3) is 0 Å². The normalized spacial score (nSPS) is 24.5. The summed E-state index contributed by atoms with van der Waals surface area (Å²) in [5, 5.41) is 0. The summed E-state index contributed by atoms with van der Waals surface area (Å²) < 4.78 is 33.9. The van der Waals surface area contributed by atoms with Gasteiger partial charge in [-0.2, -0.15) is 0 Å². The molecule has 1 heterocycles. The van der Waals surface area contributed by atoms with Gasteiger partial charge in [-0.25, -0.2) is 8.42 Å². The molecule has 1 unspecified atom stereocenters. The highest BCUT2D eigenvalue weighted by Gasteiger charge is 2.40. The number of benzene rings is 1. The van der Waals surface area contributed by atoms with Gasteiger partial charge in [-0.05, 0) is 43.7 Å². The van der Waals surface area contributed by atoms with E-state index in [1.165, 1.54) is 0 Å². The van der Waals surface area contributed by atoms with Crippen LogP contribution in [-0.2, 0) is 9.84 Å². The zero-order chi connectivity index (χ0) is 14.6. The van der Waals surface area contributed by atoms with Crippen LogP contribution in [0.4, 0.5) is 0 Å². The molecule has 6 heteroatoms. The lowest BCUT2D eigenvalue weighted by Crippen LogP contribution is -2.33. The van der Waals surface area contributed by atoms with Gasteiger partial charge in [-0.1, -0.05) is 0 Å². The van der Waals surface area contributed by atoms with E-state index in [0.29, 0.717) is 26.0 Å². The largest absolute Gasteiger partial charge is 0.497 e. The second kappa shape index (κ2) is 6.01. The molecule has 0 spiro atoms. The van der Waals surface area contributed by atoms with Crippen molar-refractivity contribution in [3.05, 3.63) is 24.3 Å². The molecule has 0 radical (unpaired) electrons. The van der Waals surface area contributed by atoms with E-state index in [4.69, 9.17) is 15.2 Å². The van der Waals surface area contributed by atoms with Gasteiger partial charge in [-0.3, -0.25) is 0 Å². The zero-order valence-corrected chi connectivity index (χ0v) is 12.5. The lowest BCUT2D eigenvalue weighted by molar-refractivity contribution is 0.222. The van der Waals surface area contributed by atoms with Crippen molar-refractivity contribution in [2.24, 2.45) is 11.1 Å². The predicted octanol–water partition coefficient (Wildman–Crippen LogP) is 1.23. The summed E-state index contributed by atoms with van der Waals surface area (Å²) in [6.07, 6.45) is 1.30. The number of rotatable bonds is 6. The molecule has 1 atom stereocenters. The quantitative estimate of drug-likeness (QED) is 0.854. The van der Waals surface area contributed by atoms with Crippen LogP contribution in [-0.4, -0.2) is 40.2 Å². The van der Waals surface area contributed by atoms with E-state index in [1.807, 2.05) is 24.3 Å². The van der Waals surface area contributed by atoms with Crippen LogP contribution in [0, 0.1) is 5.41 Å². The fourth-order valence-corrected chi connectivity index (χ4v) is 4.73. The predicted molar refractivity (Wildman–Crippen MR) is 77.9 cm³/mol. The first-order valence-electron chi connectivity index (χ1n) is 6.66. The molecule has 1 aliphatic heterocycles. The molecule has 0 amide bonds. The number of hydrogen-bond acceptors (Lipinski definition) is 5. The highest BCUT2D eigenvalue weighted by Crippen LogP contribution is 2.34. The minimum absolute atomic E-state index is 0.183. The topological polar surface area (TPSA) is 78.6 Å². The van der Waals surface area contributed by atoms with Crippen molar-refractivity contribution in [3.63, 3.8) is 0 Å². The Morgan fingerprint density at radius 1 is 1.25 bits per heavy atom. The SMILES string of the molecule is COc1ccc(OCCC2(CN)CCS(=O)(=O)C2)cc1. The van der Waals surface area contributed by atoms with E-state index in [-0.39, 0.29) is 16.9 Å². The molecule has 1 fully saturated rings. The number of nitrogens with two attached hydrogens (primary N) is 1. The number of methoxy groups -OCH3 is 1.